The molecule has 1 aromatic rings. The normalized spacial score (nSPS) is 16.0. The first-order valence-corrected chi connectivity index (χ1v) is 8.13. The Hall–Kier alpha value is -2.67. The van der Waals surface area contributed by atoms with Gasteiger partial charge in [-0.2, -0.15) is 0 Å². The second-order valence-electron chi connectivity index (χ2n) is 5.32. The number of methoxy groups -OCH3 is 1. The van der Waals surface area contributed by atoms with Crippen LogP contribution in [0.1, 0.15) is 18.1 Å². The zero-order valence-electron chi connectivity index (χ0n) is 14.4. The van der Waals surface area contributed by atoms with Gasteiger partial charge in [0.1, 0.15) is 5.57 Å². The number of hydrogen-bond donors (Lipinski definition) is 1. The smallest absolute Gasteiger partial charge is 0.265 e. The van der Waals surface area contributed by atoms with E-state index in [-0.39, 0.29) is 10.7 Å². The van der Waals surface area contributed by atoms with E-state index in [1.54, 1.807) is 12.1 Å². The van der Waals surface area contributed by atoms with Gasteiger partial charge in [-0.1, -0.05) is 6.08 Å². The third kappa shape index (κ3) is 3.88. The average Bonchev–Trinajstić information content (AvgIpc) is 2.59. The predicted octanol–water partition coefficient (Wildman–Crippen LogP) is 2.08. The number of ether oxygens (including phenoxy) is 2. The van der Waals surface area contributed by atoms with Gasteiger partial charge in [0.15, 0.2) is 16.6 Å². The zero-order valence-corrected chi connectivity index (χ0v) is 15.2. The lowest BCUT2D eigenvalue weighted by Gasteiger charge is -2.25. The zero-order chi connectivity index (χ0) is 18.6. The Bertz CT molecular complexity index is 771. The second kappa shape index (κ2) is 7.94. The number of hydrogen-bond acceptors (Lipinski definition) is 5. The summed E-state index contributed by atoms with van der Waals surface area (Å²) in [6.07, 6.45) is 3.83. The Balaban J connectivity index is 2.53. The van der Waals surface area contributed by atoms with Gasteiger partial charge in [0.2, 0.25) is 0 Å². The first-order chi connectivity index (χ1) is 11.9. The van der Waals surface area contributed by atoms with Gasteiger partial charge in [0, 0.05) is 12.6 Å². The number of carbonyl (C=O) groups excluding carboxylic acids is 2. The van der Waals surface area contributed by atoms with Gasteiger partial charge in [0.05, 0.1) is 13.7 Å². The molecule has 1 saturated heterocycles. The molecule has 6 nitrogen and oxygen atoms in total. The SMILES string of the molecule is C=CCc1cc(/C=C2\C(=O)NC(=S)N(C)C2=O)cc(OC)c1OCC. The van der Waals surface area contributed by atoms with Gasteiger partial charge in [-0.05, 0) is 49.3 Å². The first-order valence-electron chi connectivity index (χ1n) is 7.72. The van der Waals surface area contributed by atoms with Crippen molar-refractivity contribution in [1.82, 2.24) is 10.2 Å². The number of amides is 2. The summed E-state index contributed by atoms with van der Waals surface area (Å²) in [5.74, 6) is 0.184. The molecular formula is C18H20N2O4S. The third-order valence-corrected chi connectivity index (χ3v) is 4.02. The highest BCUT2D eigenvalue weighted by molar-refractivity contribution is 7.80. The van der Waals surface area contributed by atoms with Crippen molar-refractivity contribution < 1.29 is 19.1 Å². The summed E-state index contributed by atoms with van der Waals surface area (Å²) in [6.45, 7) is 6.13. The van der Waals surface area contributed by atoms with E-state index in [4.69, 9.17) is 21.7 Å². The van der Waals surface area contributed by atoms with Crippen molar-refractivity contribution in [2.75, 3.05) is 20.8 Å². The molecule has 0 aromatic heterocycles. The summed E-state index contributed by atoms with van der Waals surface area (Å²) in [5.41, 5.74) is 1.51. The summed E-state index contributed by atoms with van der Waals surface area (Å²) < 4.78 is 11.1. The molecule has 1 aliphatic rings. The van der Waals surface area contributed by atoms with Crippen LogP contribution in [0.4, 0.5) is 0 Å². The van der Waals surface area contributed by atoms with Crippen LogP contribution in [0.2, 0.25) is 0 Å². The molecule has 1 aliphatic heterocycles. The van der Waals surface area contributed by atoms with Gasteiger partial charge in [-0.3, -0.25) is 19.8 Å². The number of likely N-dealkylation sites (N-methyl/N-ethyl adjacent to an activating group) is 1. The molecule has 7 heteroatoms. The van der Waals surface area contributed by atoms with Crippen LogP contribution in [0.3, 0.4) is 0 Å². The van der Waals surface area contributed by atoms with Crippen LogP contribution in [0.25, 0.3) is 6.08 Å². The van der Waals surface area contributed by atoms with Crippen LogP contribution in [-0.2, 0) is 16.0 Å². The maximum absolute atomic E-state index is 12.3. The molecule has 0 unspecified atom stereocenters. The van der Waals surface area contributed by atoms with Crippen molar-refractivity contribution in [3.8, 4) is 11.5 Å². The minimum Gasteiger partial charge on any atom is -0.493 e. The highest BCUT2D eigenvalue weighted by Crippen LogP contribution is 2.34. The monoisotopic (exact) mass is 360 g/mol. The van der Waals surface area contributed by atoms with Gasteiger partial charge in [-0.25, -0.2) is 0 Å². The van der Waals surface area contributed by atoms with E-state index in [9.17, 15) is 9.59 Å². The number of nitrogens with one attached hydrogen (secondary N) is 1. The molecule has 0 spiro atoms. The number of allylic oxidation sites excluding steroid dienone is 1. The summed E-state index contributed by atoms with van der Waals surface area (Å²) in [4.78, 5) is 25.7. The van der Waals surface area contributed by atoms with Gasteiger partial charge < -0.3 is 9.47 Å². The van der Waals surface area contributed by atoms with Crippen LogP contribution in [0.5, 0.6) is 11.5 Å². The maximum atomic E-state index is 12.3. The van der Waals surface area contributed by atoms with E-state index in [1.807, 2.05) is 13.0 Å². The fourth-order valence-corrected chi connectivity index (χ4v) is 2.62. The highest BCUT2D eigenvalue weighted by atomic mass is 32.1. The molecule has 25 heavy (non-hydrogen) atoms. The molecule has 1 fully saturated rings. The van der Waals surface area contributed by atoms with E-state index in [0.717, 1.165) is 5.56 Å². The van der Waals surface area contributed by atoms with Gasteiger partial charge in [-0.15, -0.1) is 6.58 Å². The average molecular weight is 360 g/mol. The molecule has 132 valence electrons. The number of thiocarbonyl (C=S) groups is 1. The van der Waals surface area contributed by atoms with Crippen LogP contribution >= 0.6 is 12.2 Å². The first kappa shape index (κ1) is 18.7. The summed E-state index contributed by atoms with van der Waals surface area (Å²) in [5, 5.41) is 2.57. The van der Waals surface area contributed by atoms with Crippen molar-refractivity contribution in [1.29, 1.82) is 0 Å². The third-order valence-electron chi connectivity index (χ3n) is 3.64. The molecule has 0 bridgehead atoms. The number of nitrogens with zero attached hydrogens (tertiary/aromatic N) is 1. The lowest BCUT2D eigenvalue weighted by molar-refractivity contribution is -0.128. The van der Waals surface area contributed by atoms with E-state index in [0.29, 0.717) is 30.1 Å². The standard InChI is InChI=1S/C18H20N2O4S/c1-5-7-12-8-11(10-14(23-4)15(12)24-6-2)9-13-16(21)19-18(25)20(3)17(13)22/h5,8-10H,1,6-7H2,2-4H3,(H,19,21,25)/b13-9+. The van der Waals surface area contributed by atoms with Crippen LogP contribution in [-0.4, -0.2) is 42.6 Å². The lowest BCUT2D eigenvalue weighted by atomic mass is 10.0. The van der Waals surface area contributed by atoms with Gasteiger partial charge >= 0.3 is 0 Å². The topological polar surface area (TPSA) is 67.9 Å². The molecule has 0 atom stereocenters. The van der Waals surface area contributed by atoms with E-state index in [2.05, 4.69) is 11.9 Å². The van der Waals surface area contributed by atoms with E-state index in [1.165, 1.54) is 25.1 Å². The quantitative estimate of drug-likeness (QED) is 0.364. The van der Waals surface area contributed by atoms with Crippen molar-refractivity contribution in [2.24, 2.45) is 0 Å². The van der Waals surface area contributed by atoms with Crippen LogP contribution < -0.4 is 14.8 Å². The van der Waals surface area contributed by atoms with E-state index < -0.39 is 11.8 Å². The number of benzene rings is 1. The Morgan fingerprint density at radius 2 is 2.08 bits per heavy atom. The molecule has 2 amide bonds. The van der Waals surface area contributed by atoms with E-state index >= 15 is 0 Å². The second-order valence-corrected chi connectivity index (χ2v) is 5.71. The number of carbonyl (C=O) groups is 2. The minimum atomic E-state index is -0.522. The largest absolute Gasteiger partial charge is 0.493 e. The maximum Gasteiger partial charge on any atom is 0.265 e. The fourth-order valence-electron chi connectivity index (χ4n) is 2.45. The summed E-state index contributed by atoms with van der Waals surface area (Å²) in [6, 6.07) is 3.56. The molecule has 0 radical (unpaired) electrons. The fraction of sp³-hybridized carbons (Fsp3) is 0.278. The lowest BCUT2D eigenvalue weighted by Crippen LogP contribution is -2.52. The minimum absolute atomic E-state index is 0.00636. The molecule has 0 aliphatic carbocycles. The van der Waals surface area contributed by atoms with Gasteiger partial charge in [0.25, 0.3) is 11.8 Å². The molecule has 0 saturated carbocycles. The predicted molar refractivity (Wildman–Crippen MR) is 99.6 cm³/mol. The van der Waals surface area contributed by atoms with Crippen LogP contribution in [0, 0.1) is 0 Å². The van der Waals surface area contributed by atoms with Crippen LogP contribution in [0.15, 0.2) is 30.4 Å². The van der Waals surface area contributed by atoms with Crippen molar-refractivity contribution in [3.63, 3.8) is 0 Å². The molecule has 1 aromatic carbocycles. The summed E-state index contributed by atoms with van der Waals surface area (Å²) in [7, 11) is 3.05. The Kier molecular flexibility index (Phi) is 5.93. The van der Waals surface area contributed by atoms with Crippen molar-refractivity contribution >= 4 is 35.2 Å². The molecule has 1 N–H and O–H groups in total. The number of rotatable bonds is 6. The molecule has 1 heterocycles. The van der Waals surface area contributed by atoms with Crippen molar-refractivity contribution in [2.45, 2.75) is 13.3 Å². The Labute approximate surface area is 152 Å². The Morgan fingerprint density at radius 3 is 2.68 bits per heavy atom. The van der Waals surface area contributed by atoms with Crippen molar-refractivity contribution in [3.05, 3.63) is 41.5 Å². The molecular weight excluding hydrogens is 340 g/mol. The molecule has 2 rings (SSSR count). The summed E-state index contributed by atoms with van der Waals surface area (Å²) >= 11 is 4.94. The Morgan fingerprint density at radius 1 is 1.36 bits per heavy atom. The highest BCUT2D eigenvalue weighted by Gasteiger charge is 2.30.